The average Bonchev–Trinajstić information content (AvgIpc) is 2.77. The van der Waals surface area contributed by atoms with E-state index >= 15 is 0 Å². The smallest absolute Gasteiger partial charge is 0.350 e. The van der Waals surface area contributed by atoms with E-state index in [4.69, 9.17) is 0 Å². The molecule has 2 amide bonds. The third-order valence-corrected chi connectivity index (χ3v) is 6.03. The molecule has 1 fully saturated rings. The molecule has 0 saturated heterocycles. The molecule has 1 saturated carbocycles. The van der Waals surface area contributed by atoms with Gasteiger partial charge in [0.15, 0.2) is 0 Å². The minimum Gasteiger partial charge on any atom is -0.350 e. The molecule has 1 aliphatic carbocycles. The first-order valence-electron chi connectivity index (χ1n) is 11.2. The van der Waals surface area contributed by atoms with Crippen molar-refractivity contribution >= 4 is 11.8 Å². The van der Waals surface area contributed by atoms with Gasteiger partial charge in [0.25, 0.3) is 5.91 Å². The number of amides is 2. The average molecular weight is 462 g/mol. The van der Waals surface area contributed by atoms with E-state index in [9.17, 15) is 22.8 Å². The Balaban J connectivity index is 1.52. The van der Waals surface area contributed by atoms with Gasteiger partial charge < -0.3 is 16.0 Å². The largest absolute Gasteiger partial charge is 0.416 e. The molecule has 178 valence electrons. The number of aryl methyl sites for hydroxylation is 2. The summed E-state index contributed by atoms with van der Waals surface area (Å²) in [6, 6.07) is 10.5. The number of nitrogens with one attached hydrogen (secondary N) is 3. The van der Waals surface area contributed by atoms with Crippen molar-refractivity contribution in [3.8, 4) is 0 Å². The number of hydrogen-bond acceptors (Lipinski definition) is 3. The Hall–Kier alpha value is -2.87. The number of benzene rings is 2. The second-order valence-corrected chi connectivity index (χ2v) is 8.64. The lowest BCUT2D eigenvalue weighted by Gasteiger charge is -2.33. The quantitative estimate of drug-likeness (QED) is 0.577. The maximum absolute atomic E-state index is 12.9. The molecular weight excluding hydrogens is 431 g/mol. The highest BCUT2D eigenvalue weighted by Gasteiger charge is 2.31. The highest BCUT2D eigenvalue weighted by atomic mass is 19.4. The van der Waals surface area contributed by atoms with Crippen LogP contribution in [0.15, 0.2) is 42.5 Å². The molecular formula is C25H30F3N3O2. The third-order valence-electron chi connectivity index (χ3n) is 6.03. The molecule has 33 heavy (non-hydrogen) atoms. The maximum atomic E-state index is 12.9. The Bertz CT molecular complexity index is 991. The van der Waals surface area contributed by atoms with E-state index in [1.54, 1.807) is 0 Å². The minimum absolute atomic E-state index is 0.0672. The van der Waals surface area contributed by atoms with E-state index in [2.05, 4.69) is 48.0 Å². The maximum Gasteiger partial charge on any atom is 0.416 e. The molecule has 0 heterocycles. The molecule has 2 atom stereocenters. The molecule has 2 unspecified atom stereocenters. The fraction of sp³-hybridized carbons (Fsp3) is 0.440. The number of hydrogen-bond donors (Lipinski definition) is 3. The van der Waals surface area contributed by atoms with Crippen LogP contribution in [0.3, 0.4) is 0 Å². The summed E-state index contributed by atoms with van der Waals surface area (Å²) in [7, 11) is 0. The number of halogens is 3. The first kappa shape index (κ1) is 24.8. The summed E-state index contributed by atoms with van der Waals surface area (Å²) in [6.45, 7) is 4.55. The van der Waals surface area contributed by atoms with E-state index in [1.807, 2.05) is 0 Å². The van der Waals surface area contributed by atoms with Gasteiger partial charge in [0.05, 0.1) is 12.1 Å². The first-order valence-corrected chi connectivity index (χ1v) is 11.2. The lowest BCUT2D eigenvalue weighted by molar-refractivity contribution is -0.137. The summed E-state index contributed by atoms with van der Waals surface area (Å²) in [5, 5.41) is 8.95. The van der Waals surface area contributed by atoms with Gasteiger partial charge in [-0.3, -0.25) is 9.59 Å². The van der Waals surface area contributed by atoms with E-state index in [0.29, 0.717) is 6.54 Å². The van der Waals surface area contributed by atoms with Crippen LogP contribution < -0.4 is 16.0 Å². The van der Waals surface area contributed by atoms with Gasteiger partial charge in [-0.15, -0.1) is 0 Å². The zero-order valence-electron chi connectivity index (χ0n) is 18.9. The number of rotatable bonds is 7. The molecule has 2 aromatic carbocycles. The molecule has 1 aliphatic rings. The fourth-order valence-electron chi connectivity index (χ4n) is 4.19. The van der Waals surface area contributed by atoms with Crippen LogP contribution in [0.1, 0.15) is 58.3 Å². The van der Waals surface area contributed by atoms with Gasteiger partial charge in [-0.25, -0.2) is 0 Å². The second-order valence-electron chi connectivity index (χ2n) is 8.64. The second kappa shape index (κ2) is 10.8. The monoisotopic (exact) mass is 461 g/mol. The summed E-state index contributed by atoms with van der Waals surface area (Å²) < 4.78 is 38.6. The molecule has 0 radical (unpaired) electrons. The zero-order valence-corrected chi connectivity index (χ0v) is 18.9. The van der Waals surface area contributed by atoms with Crippen molar-refractivity contribution in [3.63, 3.8) is 0 Å². The fourth-order valence-corrected chi connectivity index (χ4v) is 4.19. The van der Waals surface area contributed by atoms with Crippen molar-refractivity contribution < 1.29 is 22.8 Å². The van der Waals surface area contributed by atoms with Crippen molar-refractivity contribution in [2.45, 2.75) is 64.3 Å². The van der Waals surface area contributed by atoms with Crippen molar-refractivity contribution in [2.75, 3.05) is 6.54 Å². The topological polar surface area (TPSA) is 70.2 Å². The van der Waals surface area contributed by atoms with Crippen molar-refractivity contribution in [2.24, 2.45) is 0 Å². The molecule has 0 aliphatic heterocycles. The minimum atomic E-state index is -4.53. The summed E-state index contributed by atoms with van der Waals surface area (Å²) in [4.78, 5) is 24.7. The summed E-state index contributed by atoms with van der Waals surface area (Å²) in [5.74, 6) is -1.08. The summed E-state index contributed by atoms with van der Waals surface area (Å²) in [6.07, 6.45) is -0.690. The SMILES string of the molecule is Cc1ccc(CNC2CCCCC2NC(=O)CNC(=O)c2cccc(C(F)(F)F)c2)c(C)c1. The van der Waals surface area contributed by atoms with Crippen LogP contribution in [0.5, 0.6) is 0 Å². The van der Waals surface area contributed by atoms with Gasteiger partial charge in [-0.1, -0.05) is 42.7 Å². The molecule has 3 N–H and O–H groups in total. The van der Waals surface area contributed by atoms with E-state index in [-0.39, 0.29) is 30.1 Å². The highest BCUT2D eigenvalue weighted by molar-refractivity contribution is 5.96. The summed E-state index contributed by atoms with van der Waals surface area (Å²) in [5.41, 5.74) is 2.61. The van der Waals surface area contributed by atoms with Crippen LogP contribution in [0.2, 0.25) is 0 Å². The van der Waals surface area contributed by atoms with Crippen molar-refractivity contribution in [3.05, 3.63) is 70.3 Å². The number of carbonyl (C=O) groups is 2. The van der Waals surface area contributed by atoms with Gasteiger partial charge in [-0.05, 0) is 56.0 Å². The lowest BCUT2D eigenvalue weighted by atomic mass is 9.90. The molecule has 5 nitrogen and oxygen atoms in total. The number of alkyl halides is 3. The van der Waals surface area contributed by atoms with Gasteiger partial charge >= 0.3 is 6.18 Å². The van der Waals surface area contributed by atoms with Gasteiger partial charge in [0.1, 0.15) is 0 Å². The summed E-state index contributed by atoms with van der Waals surface area (Å²) >= 11 is 0. The van der Waals surface area contributed by atoms with Crippen molar-refractivity contribution in [1.29, 1.82) is 0 Å². The van der Waals surface area contributed by atoms with Crippen molar-refractivity contribution in [1.82, 2.24) is 16.0 Å². The van der Waals surface area contributed by atoms with Crippen LogP contribution in [0, 0.1) is 13.8 Å². The Morgan fingerprint density at radius 1 is 1.00 bits per heavy atom. The van der Waals surface area contributed by atoms with E-state index < -0.39 is 17.6 Å². The molecule has 2 aromatic rings. The molecule has 3 rings (SSSR count). The van der Waals surface area contributed by atoms with E-state index in [1.165, 1.54) is 28.8 Å². The van der Waals surface area contributed by atoms with Gasteiger partial charge in [0.2, 0.25) is 5.91 Å². The Kier molecular flexibility index (Phi) is 8.13. The van der Waals surface area contributed by atoms with Gasteiger partial charge in [0, 0.05) is 24.2 Å². The molecule has 0 aromatic heterocycles. The van der Waals surface area contributed by atoms with Crippen LogP contribution in [0.25, 0.3) is 0 Å². The van der Waals surface area contributed by atoms with Gasteiger partial charge in [-0.2, -0.15) is 13.2 Å². The first-order chi connectivity index (χ1) is 15.6. The number of carbonyl (C=O) groups excluding carboxylic acids is 2. The predicted octanol–water partition coefficient (Wildman–Crippen LogP) is 4.27. The van der Waals surface area contributed by atoms with E-state index in [0.717, 1.165) is 37.8 Å². The molecule has 0 bridgehead atoms. The Labute approximate surface area is 192 Å². The Morgan fingerprint density at radius 3 is 2.42 bits per heavy atom. The lowest BCUT2D eigenvalue weighted by Crippen LogP contribution is -2.53. The predicted molar refractivity (Wildman–Crippen MR) is 121 cm³/mol. The molecule has 8 heteroatoms. The van der Waals surface area contributed by atoms with Crippen LogP contribution in [0.4, 0.5) is 13.2 Å². The standard InChI is InChI=1S/C25H30F3N3O2/c1-16-10-11-19(17(2)12-16)14-29-21-8-3-4-9-22(21)31-23(32)15-30-24(33)18-6-5-7-20(13-18)25(26,27)28/h5-7,10-13,21-22,29H,3-4,8-9,14-15H2,1-2H3,(H,30,33)(H,31,32). The third kappa shape index (κ3) is 7.05. The van der Waals surface area contributed by atoms with Crippen LogP contribution in [-0.4, -0.2) is 30.4 Å². The Morgan fingerprint density at radius 2 is 1.73 bits per heavy atom. The zero-order chi connectivity index (χ0) is 24.0. The highest BCUT2D eigenvalue weighted by Crippen LogP contribution is 2.29. The molecule has 0 spiro atoms. The van der Waals surface area contributed by atoms with Crippen LogP contribution in [-0.2, 0) is 17.5 Å². The van der Waals surface area contributed by atoms with Crippen LogP contribution >= 0.6 is 0 Å². The normalized spacial score (nSPS) is 18.6.